The molecule has 9 heteroatoms. The number of nitrogens with zero attached hydrogens (tertiary/aromatic N) is 3. The summed E-state index contributed by atoms with van der Waals surface area (Å²) < 4.78 is 39.1. The highest BCUT2D eigenvalue weighted by atomic mass is 32.2. The lowest BCUT2D eigenvalue weighted by Gasteiger charge is -2.16. The molecule has 2 aromatic rings. The molecule has 0 N–H and O–H groups in total. The Labute approximate surface area is 158 Å². The average molecular weight is 393 g/mol. The van der Waals surface area contributed by atoms with Gasteiger partial charge in [0.1, 0.15) is 4.90 Å². The van der Waals surface area contributed by atoms with E-state index in [0.29, 0.717) is 24.5 Å². The Kier molecular flexibility index (Phi) is 5.25. The van der Waals surface area contributed by atoms with Crippen molar-refractivity contribution in [1.29, 1.82) is 0 Å². The Morgan fingerprint density at radius 3 is 2.37 bits per heavy atom. The van der Waals surface area contributed by atoms with Gasteiger partial charge < -0.3 is 9.47 Å². The van der Waals surface area contributed by atoms with Gasteiger partial charge >= 0.3 is 0 Å². The van der Waals surface area contributed by atoms with Gasteiger partial charge in [-0.3, -0.25) is 4.79 Å². The van der Waals surface area contributed by atoms with Crippen molar-refractivity contribution in [2.45, 2.75) is 31.6 Å². The molecule has 1 fully saturated rings. The average Bonchev–Trinajstić information content (AvgIpc) is 3.29. The highest BCUT2D eigenvalue weighted by molar-refractivity contribution is 7.89. The topological polar surface area (TPSA) is 90.7 Å². The fourth-order valence-corrected chi connectivity index (χ4v) is 5.30. The number of hydrogen-bond donors (Lipinski definition) is 0. The van der Waals surface area contributed by atoms with Crippen LogP contribution in [-0.4, -0.2) is 55.7 Å². The summed E-state index contributed by atoms with van der Waals surface area (Å²) in [4.78, 5) is 13.2. The quantitative estimate of drug-likeness (QED) is 0.772. The molecule has 27 heavy (non-hydrogen) atoms. The normalized spacial score (nSPS) is 15.1. The van der Waals surface area contributed by atoms with Gasteiger partial charge in [0.05, 0.1) is 31.2 Å². The first-order chi connectivity index (χ1) is 12.8. The minimum atomic E-state index is -3.68. The predicted molar refractivity (Wildman–Crippen MR) is 99.0 cm³/mol. The fourth-order valence-electron chi connectivity index (χ4n) is 3.43. The number of aryl methyl sites for hydroxylation is 1. The third kappa shape index (κ3) is 3.21. The third-order valence-corrected chi connectivity index (χ3v) is 6.87. The van der Waals surface area contributed by atoms with E-state index in [1.807, 2.05) is 0 Å². The van der Waals surface area contributed by atoms with Crippen LogP contribution in [0.1, 0.15) is 34.6 Å². The molecule has 0 saturated carbocycles. The molecule has 0 bridgehead atoms. The van der Waals surface area contributed by atoms with Crippen LogP contribution >= 0.6 is 0 Å². The Morgan fingerprint density at radius 2 is 1.78 bits per heavy atom. The first kappa shape index (κ1) is 19.4. The maximum atomic E-state index is 13.1. The highest BCUT2D eigenvalue weighted by Gasteiger charge is 2.34. The van der Waals surface area contributed by atoms with Crippen LogP contribution in [0.15, 0.2) is 23.1 Å². The molecule has 0 atom stereocenters. The summed E-state index contributed by atoms with van der Waals surface area (Å²) in [5.74, 6) is 0.213. The van der Waals surface area contributed by atoms with Crippen molar-refractivity contribution in [2.24, 2.45) is 0 Å². The number of benzene rings is 1. The SMILES string of the molecule is COc1cccc(C(=O)n2nc(C)c(S(=O)(=O)N3CCCC3)c2C)c1OC. The molecule has 2 heterocycles. The summed E-state index contributed by atoms with van der Waals surface area (Å²) in [6.45, 7) is 4.17. The van der Waals surface area contributed by atoms with Crippen LogP contribution in [0.25, 0.3) is 0 Å². The second-order valence-electron chi connectivity index (χ2n) is 6.37. The maximum absolute atomic E-state index is 13.1. The van der Waals surface area contributed by atoms with E-state index in [9.17, 15) is 13.2 Å². The van der Waals surface area contributed by atoms with Gasteiger partial charge in [0.15, 0.2) is 11.5 Å². The zero-order chi connectivity index (χ0) is 19.8. The number of hydrogen-bond acceptors (Lipinski definition) is 6. The van der Waals surface area contributed by atoms with E-state index in [1.165, 1.54) is 18.5 Å². The molecule has 0 amide bonds. The molecule has 3 rings (SSSR count). The number of sulfonamides is 1. The number of para-hydroxylation sites is 1. The van der Waals surface area contributed by atoms with Gasteiger partial charge in [-0.2, -0.15) is 14.1 Å². The smallest absolute Gasteiger partial charge is 0.282 e. The lowest BCUT2D eigenvalue weighted by molar-refractivity contribution is 0.0938. The molecule has 146 valence electrons. The van der Waals surface area contributed by atoms with Crippen molar-refractivity contribution in [3.8, 4) is 11.5 Å². The van der Waals surface area contributed by atoms with E-state index in [-0.39, 0.29) is 21.9 Å². The third-order valence-electron chi connectivity index (χ3n) is 4.71. The van der Waals surface area contributed by atoms with Crippen LogP contribution in [0.4, 0.5) is 0 Å². The molecular weight excluding hydrogens is 370 g/mol. The number of aromatic nitrogens is 2. The van der Waals surface area contributed by atoms with Gasteiger partial charge in [-0.15, -0.1) is 0 Å². The van der Waals surface area contributed by atoms with Gasteiger partial charge in [-0.1, -0.05) is 6.07 Å². The van der Waals surface area contributed by atoms with E-state index < -0.39 is 15.9 Å². The summed E-state index contributed by atoms with van der Waals surface area (Å²) in [5.41, 5.74) is 0.830. The number of rotatable bonds is 5. The maximum Gasteiger partial charge on any atom is 0.282 e. The van der Waals surface area contributed by atoms with Gasteiger partial charge in [0.25, 0.3) is 5.91 Å². The monoisotopic (exact) mass is 393 g/mol. The number of methoxy groups -OCH3 is 2. The summed E-state index contributed by atoms with van der Waals surface area (Å²) in [6.07, 6.45) is 1.68. The van der Waals surface area contributed by atoms with Crippen LogP contribution in [0, 0.1) is 13.8 Å². The molecule has 8 nitrogen and oxygen atoms in total. The van der Waals surface area contributed by atoms with Gasteiger partial charge in [-0.25, -0.2) is 8.42 Å². The summed E-state index contributed by atoms with van der Waals surface area (Å²) >= 11 is 0. The molecule has 1 saturated heterocycles. The zero-order valence-corrected chi connectivity index (χ0v) is 16.7. The molecule has 0 radical (unpaired) electrons. The molecule has 1 aromatic heterocycles. The zero-order valence-electron chi connectivity index (χ0n) is 15.9. The molecule has 1 aromatic carbocycles. The van der Waals surface area contributed by atoms with E-state index in [1.54, 1.807) is 32.0 Å². The number of carbonyl (C=O) groups is 1. The van der Waals surface area contributed by atoms with Gasteiger partial charge in [-0.05, 0) is 38.8 Å². The van der Waals surface area contributed by atoms with Crippen molar-refractivity contribution in [3.63, 3.8) is 0 Å². The lowest BCUT2D eigenvalue weighted by Crippen LogP contribution is -2.29. The van der Waals surface area contributed by atoms with Crippen LogP contribution < -0.4 is 9.47 Å². The van der Waals surface area contributed by atoms with Crippen molar-refractivity contribution in [3.05, 3.63) is 35.2 Å². The van der Waals surface area contributed by atoms with Crippen LogP contribution in [0.2, 0.25) is 0 Å². The van der Waals surface area contributed by atoms with Crippen molar-refractivity contribution in [1.82, 2.24) is 14.1 Å². The molecule has 1 aliphatic heterocycles. The largest absolute Gasteiger partial charge is 0.493 e. The van der Waals surface area contributed by atoms with Gasteiger partial charge in [0, 0.05) is 13.1 Å². The Hall–Kier alpha value is -2.39. The number of carbonyl (C=O) groups excluding carboxylic acids is 1. The first-order valence-corrected chi connectivity index (χ1v) is 10.1. The molecule has 1 aliphatic rings. The minimum Gasteiger partial charge on any atom is -0.493 e. The minimum absolute atomic E-state index is 0.0969. The Bertz CT molecular complexity index is 975. The highest BCUT2D eigenvalue weighted by Crippen LogP contribution is 2.32. The standard InChI is InChI=1S/C18H23N3O5S/c1-12-17(27(23,24)20-10-5-6-11-20)13(2)21(19-12)18(22)14-8-7-9-15(25-3)16(14)26-4/h7-9H,5-6,10-11H2,1-4H3. The molecule has 0 spiro atoms. The van der Waals surface area contributed by atoms with E-state index in [2.05, 4.69) is 5.10 Å². The molecule has 0 unspecified atom stereocenters. The van der Waals surface area contributed by atoms with Crippen molar-refractivity contribution >= 4 is 15.9 Å². The summed E-state index contributed by atoms with van der Waals surface area (Å²) in [5, 5.41) is 4.22. The Morgan fingerprint density at radius 1 is 1.11 bits per heavy atom. The predicted octanol–water partition coefficient (Wildman–Crippen LogP) is 1.99. The van der Waals surface area contributed by atoms with E-state index in [0.717, 1.165) is 17.5 Å². The fraction of sp³-hybridized carbons (Fsp3) is 0.444. The summed E-state index contributed by atoms with van der Waals surface area (Å²) in [7, 11) is -0.756. The van der Waals surface area contributed by atoms with Gasteiger partial charge in [0.2, 0.25) is 10.0 Å². The summed E-state index contributed by atoms with van der Waals surface area (Å²) in [6, 6.07) is 4.94. The van der Waals surface area contributed by atoms with E-state index in [4.69, 9.17) is 9.47 Å². The van der Waals surface area contributed by atoms with Crippen LogP contribution in [0.5, 0.6) is 11.5 Å². The lowest BCUT2D eigenvalue weighted by atomic mass is 10.1. The Balaban J connectivity index is 2.09. The van der Waals surface area contributed by atoms with E-state index >= 15 is 0 Å². The van der Waals surface area contributed by atoms with Crippen LogP contribution in [-0.2, 0) is 10.0 Å². The number of ether oxygens (including phenoxy) is 2. The second kappa shape index (κ2) is 7.32. The van der Waals surface area contributed by atoms with Crippen molar-refractivity contribution in [2.75, 3.05) is 27.3 Å². The second-order valence-corrected chi connectivity index (χ2v) is 8.24. The van der Waals surface area contributed by atoms with Crippen molar-refractivity contribution < 1.29 is 22.7 Å². The molecule has 0 aliphatic carbocycles. The molecular formula is C18H23N3O5S. The first-order valence-electron chi connectivity index (χ1n) is 8.65. The van der Waals surface area contributed by atoms with Crippen LogP contribution in [0.3, 0.4) is 0 Å².